The van der Waals surface area contributed by atoms with Crippen LogP contribution in [0, 0.1) is 5.92 Å². The number of hydrogen-bond donors (Lipinski definition) is 2. The maximum Gasteiger partial charge on any atom is 0.0445 e. The molecular weight excluding hydrogens is 224 g/mol. The summed E-state index contributed by atoms with van der Waals surface area (Å²) in [5, 5.41) is 8.92. The maximum atomic E-state index is 8.92. The van der Waals surface area contributed by atoms with E-state index < -0.39 is 0 Å². The van der Waals surface area contributed by atoms with E-state index in [0.29, 0.717) is 5.92 Å². The molecule has 1 saturated heterocycles. The van der Waals surface area contributed by atoms with Gasteiger partial charge in [0.1, 0.15) is 0 Å². The largest absolute Gasteiger partial charge is 0.396 e. The highest BCUT2D eigenvalue weighted by atomic mass is 16.3. The lowest BCUT2D eigenvalue weighted by atomic mass is 9.88. The van der Waals surface area contributed by atoms with E-state index >= 15 is 0 Å². The smallest absolute Gasteiger partial charge is 0.0445 e. The minimum absolute atomic E-state index is 0.175. The van der Waals surface area contributed by atoms with Crippen molar-refractivity contribution in [1.82, 2.24) is 4.90 Å². The van der Waals surface area contributed by atoms with Gasteiger partial charge in [-0.25, -0.2) is 0 Å². The van der Waals surface area contributed by atoms with E-state index in [2.05, 4.69) is 35.2 Å². The molecule has 1 fully saturated rings. The molecule has 3 heteroatoms. The SMILES string of the molecule is NC(CCO)C1CCN(Cc2ccccc2)CC1. The third-order valence-corrected chi connectivity index (χ3v) is 3.95. The second-order valence-corrected chi connectivity index (χ2v) is 5.28. The van der Waals surface area contributed by atoms with Crippen LogP contribution < -0.4 is 5.73 Å². The Morgan fingerprint density at radius 3 is 2.50 bits per heavy atom. The molecule has 0 bridgehead atoms. The molecule has 1 aromatic rings. The Kier molecular flexibility index (Phi) is 5.17. The summed E-state index contributed by atoms with van der Waals surface area (Å²) in [6.45, 7) is 3.51. The van der Waals surface area contributed by atoms with E-state index in [1.807, 2.05) is 0 Å². The number of nitrogens with zero attached hydrogens (tertiary/aromatic N) is 1. The van der Waals surface area contributed by atoms with Crippen LogP contribution >= 0.6 is 0 Å². The minimum atomic E-state index is 0.175. The maximum absolute atomic E-state index is 8.92. The van der Waals surface area contributed by atoms with Crippen molar-refractivity contribution in [2.45, 2.75) is 31.8 Å². The van der Waals surface area contributed by atoms with Crippen LogP contribution in [-0.4, -0.2) is 35.7 Å². The highest BCUT2D eigenvalue weighted by molar-refractivity contribution is 5.14. The third-order valence-electron chi connectivity index (χ3n) is 3.95. The lowest BCUT2D eigenvalue weighted by molar-refractivity contribution is 0.151. The lowest BCUT2D eigenvalue weighted by Gasteiger charge is -2.34. The first-order valence-electron chi connectivity index (χ1n) is 6.92. The summed E-state index contributed by atoms with van der Waals surface area (Å²) in [4.78, 5) is 2.50. The molecule has 1 atom stereocenters. The molecule has 3 N–H and O–H groups in total. The topological polar surface area (TPSA) is 49.5 Å². The van der Waals surface area contributed by atoms with Crippen LogP contribution in [0.3, 0.4) is 0 Å². The standard InChI is InChI=1S/C15H24N2O/c16-15(8-11-18)14-6-9-17(10-7-14)12-13-4-2-1-3-5-13/h1-5,14-15,18H,6-12,16H2. The molecule has 0 aliphatic carbocycles. The second kappa shape index (κ2) is 6.88. The van der Waals surface area contributed by atoms with Crippen LogP contribution in [0.2, 0.25) is 0 Å². The monoisotopic (exact) mass is 248 g/mol. The number of hydrogen-bond acceptors (Lipinski definition) is 3. The van der Waals surface area contributed by atoms with Gasteiger partial charge in [0.25, 0.3) is 0 Å². The number of aliphatic hydroxyl groups excluding tert-OH is 1. The highest BCUT2D eigenvalue weighted by Crippen LogP contribution is 2.22. The molecule has 0 amide bonds. The summed E-state index contributed by atoms with van der Waals surface area (Å²) in [6.07, 6.45) is 3.06. The molecule has 1 aliphatic rings. The number of benzene rings is 1. The molecule has 2 rings (SSSR count). The molecule has 1 heterocycles. The first kappa shape index (κ1) is 13.5. The predicted octanol–water partition coefficient (Wildman–Crippen LogP) is 1.61. The zero-order chi connectivity index (χ0) is 12.8. The van der Waals surface area contributed by atoms with Gasteiger partial charge in [0.05, 0.1) is 0 Å². The molecule has 1 aromatic carbocycles. The van der Waals surface area contributed by atoms with Gasteiger partial charge in [0.15, 0.2) is 0 Å². The second-order valence-electron chi connectivity index (χ2n) is 5.28. The zero-order valence-corrected chi connectivity index (χ0v) is 11.0. The molecule has 1 aliphatic heterocycles. The number of rotatable bonds is 5. The number of aliphatic hydroxyl groups is 1. The molecule has 0 spiro atoms. The van der Waals surface area contributed by atoms with Gasteiger partial charge in [-0.3, -0.25) is 4.90 Å². The summed E-state index contributed by atoms with van der Waals surface area (Å²) in [6, 6.07) is 10.8. The summed E-state index contributed by atoms with van der Waals surface area (Å²) in [5.41, 5.74) is 7.46. The average Bonchev–Trinajstić information content (AvgIpc) is 2.41. The van der Waals surface area contributed by atoms with Crippen molar-refractivity contribution < 1.29 is 5.11 Å². The quantitative estimate of drug-likeness (QED) is 0.832. The van der Waals surface area contributed by atoms with Crippen LogP contribution in [0.15, 0.2) is 30.3 Å². The Hall–Kier alpha value is -0.900. The summed E-state index contributed by atoms with van der Waals surface area (Å²) in [5.74, 6) is 0.587. The first-order valence-corrected chi connectivity index (χ1v) is 6.92. The normalized spacial score (nSPS) is 19.9. The fourth-order valence-corrected chi connectivity index (χ4v) is 2.77. The fourth-order valence-electron chi connectivity index (χ4n) is 2.77. The van der Waals surface area contributed by atoms with Gasteiger partial charge >= 0.3 is 0 Å². The van der Waals surface area contributed by atoms with Crippen molar-refractivity contribution >= 4 is 0 Å². The summed E-state index contributed by atoms with van der Waals surface area (Å²) >= 11 is 0. The van der Waals surface area contributed by atoms with Crippen molar-refractivity contribution in [2.75, 3.05) is 19.7 Å². The fraction of sp³-hybridized carbons (Fsp3) is 0.600. The van der Waals surface area contributed by atoms with Crippen molar-refractivity contribution in [3.63, 3.8) is 0 Å². The van der Waals surface area contributed by atoms with Gasteiger partial charge < -0.3 is 10.8 Å². The van der Waals surface area contributed by atoms with E-state index in [9.17, 15) is 0 Å². The molecule has 0 aromatic heterocycles. The van der Waals surface area contributed by atoms with Crippen molar-refractivity contribution in [3.8, 4) is 0 Å². The van der Waals surface area contributed by atoms with Crippen LogP contribution in [0.1, 0.15) is 24.8 Å². The number of nitrogens with two attached hydrogens (primary N) is 1. The molecule has 18 heavy (non-hydrogen) atoms. The van der Waals surface area contributed by atoms with E-state index in [4.69, 9.17) is 10.8 Å². The van der Waals surface area contributed by atoms with Crippen molar-refractivity contribution in [3.05, 3.63) is 35.9 Å². The van der Waals surface area contributed by atoms with Crippen molar-refractivity contribution in [1.29, 1.82) is 0 Å². The van der Waals surface area contributed by atoms with E-state index in [0.717, 1.165) is 38.9 Å². The van der Waals surface area contributed by atoms with Gasteiger partial charge in [-0.1, -0.05) is 30.3 Å². The van der Waals surface area contributed by atoms with Crippen LogP contribution in [-0.2, 0) is 6.54 Å². The van der Waals surface area contributed by atoms with Gasteiger partial charge in [0, 0.05) is 19.2 Å². The zero-order valence-electron chi connectivity index (χ0n) is 11.0. The molecule has 1 unspecified atom stereocenters. The summed E-state index contributed by atoms with van der Waals surface area (Å²) < 4.78 is 0. The van der Waals surface area contributed by atoms with Gasteiger partial charge in [-0.15, -0.1) is 0 Å². The lowest BCUT2D eigenvalue weighted by Crippen LogP contribution is -2.41. The Labute approximate surface area is 110 Å². The summed E-state index contributed by atoms with van der Waals surface area (Å²) in [7, 11) is 0. The Bertz CT molecular complexity index is 334. The Balaban J connectivity index is 1.77. The van der Waals surface area contributed by atoms with Crippen LogP contribution in [0.5, 0.6) is 0 Å². The van der Waals surface area contributed by atoms with E-state index in [1.165, 1.54) is 5.56 Å². The molecule has 3 nitrogen and oxygen atoms in total. The highest BCUT2D eigenvalue weighted by Gasteiger charge is 2.23. The average molecular weight is 248 g/mol. The number of piperidine rings is 1. The van der Waals surface area contributed by atoms with Crippen LogP contribution in [0.25, 0.3) is 0 Å². The van der Waals surface area contributed by atoms with Crippen molar-refractivity contribution in [2.24, 2.45) is 11.7 Å². The van der Waals surface area contributed by atoms with E-state index in [1.54, 1.807) is 0 Å². The minimum Gasteiger partial charge on any atom is -0.396 e. The molecule has 0 radical (unpaired) electrons. The predicted molar refractivity (Wildman–Crippen MR) is 74.1 cm³/mol. The Morgan fingerprint density at radius 1 is 1.22 bits per heavy atom. The van der Waals surface area contributed by atoms with E-state index in [-0.39, 0.29) is 12.6 Å². The Morgan fingerprint density at radius 2 is 1.89 bits per heavy atom. The van der Waals surface area contributed by atoms with Crippen LogP contribution in [0.4, 0.5) is 0 Å². The van der Waals surface area contributed by atoms with Gasteiger partial charge in [0.2, 0.25) is 0 Å². The van der Waals surface area contributed by atoms with Gasteiger partial charge in [-0.2, -0.15) is 0 Å². The first-order chi connectivity index (χ1) is 8.79. The number of likely N-dealkylation sites (tertiary alicyclic amines) is 1. The molecule has 100 valence electrons. The molecular formula is C15H24N2O. The van der Waals surface area contributed by atoms with Gasteiger partial charge in [-0.05, 0) is 43.8 Å². The molecule has 0 saturated carbocycles. The third kappa shape index (κ3) is 3.80.